The van der Waals surface area contributed by atoms with Crippen molar-refractivity contribution in [3.8, 4) is 11.1 Å². The quantitative estimate of drug-likeness (QED) is 0.193. The first-order chi connectivity index (χ1) is 12.7. The number of nitrogens with two attached hydrogens (primary N) is 1. The molecule has 3 nitrogen and oxygen atoms in total. The maximum absolute atomic E-state index is 7.67. The van der Waals surface area contributed by atoms with Crippen LogP contribution in [0, 0.1) is 5.41 Å². The lowest BCUT2D eigenvalue weighted by Crippen LogP contribution is -2.19. The molecule has 2 aromatic carbocycles. The van der Waals surface area contributed by atoms with E-state index in [0.717, 1.165) is 48.4 Å². The second-order valence-corrected chi connectivity index (χ2v) is 7.28. The van der Waals surface area contributed by atoms with Crippen LogP contribution in [0.1, 0.15) is 22.4 Å². The van der Waals surface area contributed by atoms with Gasteiger partial charge in [0.2, 0.25) is 0 Å². The Morgan fingerprint density at radius 3 is 2.21 bits per heavy atom. The lowest BCUT2D eigenvalue weighted by Gasteiger charge is -2.07. The van der Waals surface area contributed by atoms with Crippen LogP contribution in [-0.2, 0) is 12.8 Å². The highest BCUT2D eigenvalue weighted by atomic mass is 79.9. The van der Waals surface area contributed by atoms with Crippen molar-refractivity contribution in [2.45, 2.75) is 19.3 Å². The topological polar surface area (TPSA) is 61.9 Å². The van der Waals surface area contributed by atoms with Crippen molar-refractivity contribution in [2.24, 2.45) is 5.73 Å². The average molecular weight is 525 g/mol. The van der Waals surface area contributed by atoms with Gasteiger partial charge >= 0.3 is 0 Å². The van der Waals surface area contributed by atoms with Crippen LogP contribution in [-0.4, -0.2) is 18.9 Å². The van der Waals surface area contributed by atoms with Crippen molar-refractivity contribution in [2.75, 3.05) is 13.1 Å². The van der Waals surface area contributed by atoms with Gasteiger partial charge in [0.15, 0.2) is 0 Å². The van der Waals surface area contributed by atoms with Gasteiger partial charge in [0.05, 0.1) is 4.88 Å². The second-order valence-electron chi connectivity index (χ2n) is 6.36. The first kappa shape index (κ1) is 24.6. The molecule has 6 heteroatoms. The predicted molar refractivity (Wildman–Crippen MR) is 133 cm³/mol. The molecule has 3 aromatic rings. The molecular weight excluding hydrogens is 498 g/mol. The fourth-order valence-corrected chi connectivity index (χ4v) is 3.80. The van der Waals surface area contributed by atoms with Crippen molar-refractivity contribution in [1.29, 1.82) is 5.41 Å². The fourth-order valence-electron chi connectivity index (χ4n) is 3.02. The predicted octanol–water partition coefficient (Wildman–Crippen LogP) is 5.62. The van der Waals surface area contributed by atoms with Gasteiger partial charge in [0, 0.05) is 5.56 Å². The Balaban J connectivity index is 0.00000196. The van der Waals surface area contributed by atoms with E-state index in [1.165, 1.54) is 22.5 Å². The first-order valence-electron chi connectivity index (χ1n) is 9.00. The van der Waals surface area contributed by atoms with Crippen LogP contribution in [0.25, 0.3) is 11.1 Å². The van der Waals surface area contributed by atoms with Gasteiger partial charge in [-0.25, -0.2) is 0 Å². The van der Waals surface area contributed by atoms with Crippen molar-refractivity contribution in [3.63, 3.8) is 0 Å². The second kappa shape index (κ2) is 12.9. The standard InChI is InChI=1S/C22H25N3S.2BrH/c23-22(24)21-20(13-16-26-21)19-10-8-18(9-11-19)12-15-25-14-4-7-17-5-2-1-3-6-17;;/h1-3,5-6,8-11,13,16,25H,4,7,12,14-15H2,(H3,23,24);2*1H. The van der Waals surface area contributed by atoms with Crippen LogP contribution in [0.2, 0.25) is 0 Å². The first-order valence-corrected chi connectivity index (χ1v) is 9.88. The molecule has 0 unspecified atom stereocenters. The average Bonchev–Trinajstić information content (AvgIpc) is 3.16. The van der Waals surface area contributed by atoms with Gasteiger partial charge < -0.3 is 11.1 Å². The third kappa shape index (κ3) is 7.17. The highest BCUT2D eigenvalue weighted by molar-refractivity contribution is 8.93. The van der Waals surface area contributed by atoms with Gasteiger partial charge in [-0.15, -0.1) is 45.3 Å². The number of aryl methyl sites for hydroxylation is 1. The van der Waals surface area contributed by atoms with Crippen LogP contribution in [0.3, 0.4) is 0 Å². The molecule has 0 aliphatic rings. The van der Waals surface area contributed by atoms with E-state index in [-0.39, 0.29) is 39.8 Å². The molecule has 28 heavy (non-hydrogen) atoms. The Bertz CT molecular complexity index is 833. The number of rotatable bonds is 9. The summed E-state index contributed by atoms with van der Waals surface area (Å²) in [5.74, 6) is 0.138. The van der Waals surface area contributed by atoms with Crippen molar-refractivity contribution >= 4 is 51.1 Å². The summed E-state index contributed by atoms with van der Waals surface area (Å²) in [5, 5.41) is 13.2. The number of amidine groups is 1. The summed E-state index contributed by atoms with van der Waals surface area (Å²) in [6.07, 6.45) is 3.31. The van der Waals surface area contributed by atoms with Crippen LogP contribution in [0.5, 0.6) is 0 Å². The van der Waals surface area contributed by atoms with Crippen LogP contribution in [0.15, 0.2) is 66.0 Å². The summed E-state index contributed by atoms with van der Waals surface area (Å²) in [4.78, 5) is 0.845. The fraction of sp³-hybridized carbons (Fsp3) is 0.227. The van der Waals surface area contributed by atoms with E-state index in [9.17, 15) is 0 Å². The highest BCUT2D eigenvalue weighted by Gasteiger charge is 2.09. The molecule has 4 N–H and O–H groups in total. The minimum absolute atomic E-state index is 0. The smallest absolute Gasteiger partial charge is 0.133 e. The van der Waals surface area contributed by atoms with Gasteiger partial charge in [0.1, 0.15) is 5.84 Å². The summed E-state index contributed by atoms with van der Waals surface area (Å²) < 4.78 is 0. The summed E-state index contributed by atoms with van der Waals surface area (Å²) in [7, 11) is 0. The van der Waals surface area contributed by atoms with Gasteiger partial charge in [-0.1, -0.05) is 54.6 Å². The molecule has 1 heterocycles. The maximum atomic E-state index is 7.67. The number of hydrogen-bond donors (Lipinski definition) is 3. The van der Waals surface area contributed by atoms with Crippen molar-refractivity contribution in [3.05, 3.63) is 82.0 Å². The zero-order valence-corrected chi connectivity index (χ0v) is 19.9. The molecule has 3 rings (SSSR count). The SMILES string of the molecule is Br.Br.N=C(N)c1sccc1-c1ccc(CCNCCCc2ccccc2)cc1. The van der Waals surface area contributed by atoms with E-state index in [1.807, 2.05) is 11.4 Å². The minimum atomic E-state index is 0. The molecule has 0 saturated heterocycles. The van der Waals surface area contributed by atoms with Crippen LogP contribution < -0.4 is 11.1 Å². The molecule has 0 spiro atoms. The van der Waals surface area contributed by atoms with E-state index in [0.29, 0.717) is 0 Å². The number of nitrogen functional groups attached to an aromatic ring is 1. The molecule has 0 atom stereocenters. The lowest BCUT2D eigenvalue weighted by molar-refractivity contribution is 0.647. The molecule has 0 aliphatic carbocycles. The van der Waals surface area contributed by atoms with Crippen LogP contribution in [0.4, 0.5) is 0 Å². The number of hydrogen-bond acceptors (Lipinski definition) is 3. The zero-order chi connectivity index (χ0) is 18.2. The van der Waals surface area contributed by atoms with Gasteiger partial charge in [-0.2, -0.15) is 0 Å². The Hall–Kier alpha value is -1.47. The zero-order valence-electron chi connectivity index (χ0n) is 15.7. The third-order valence-corrected chi connectivity index (χ3v) is 5.37. The molecule has 0 aliphatic heterocycles. The van der Waals surface area contributed by atoms with E-state index in [4.69, 9.17) is 11.1 Å². The van der Waals surface area contributed by atoms with Gasteiger partial charge in [-0.3, -0.25) is 5.41 Å². The summed E-state index contributed by atoms with van der Waals surface area (Å²) in [6, 6.07) is 21.3. The van der Waals surface area contributed by atoms with Crippen molar-refractivity contribution < 1.29 is 0 Å². The van der Waals surface area contributed by atoms with Crippen molar-refractivity contribution in [1.82, 2.24) is 5.32 Å². The minimum Gasteiger partial charge on any atom is -0.383 e. The van der Waals surface area contributed by atoms with Gasteiger partial charge in [0.25, 0.3) is 0 Å². The Labute approximate surface area is 192 Å². The molecule has 0 bridgehead atoms. The highest BCUT2D eigenvalue weighted by Crippen LogP contribution is 2.28. The van der Waals surface area contributed by atoms with E-state index in [1.54, 1.807) is 0 Å². The Morgan fingerprint density at radius 2 is 1.54 bits per heavy atom. The number of halogens is 2. The normalized spacial score (nSPS) is 10.0. The van der Waals surface area contributed by atoms with E-state index in [2.05, 4.69) is 59.9 Å². The summed E-state index contributed by atoms with van der Waals surface area (Å²) in [6.45, 7) is 2.04. The number of thiophene rings is 1. The molecular formula is C22H27Br2N3S. The number of nitrogens with one attached hydrogen (secondary N) is 2. The molecule has 0 amide bonds. The Kier molecular flexibility index (Phi) is 11.3. The van der Waals surface area contributed by atoms with E-state index < -0.39 is 0 Å². The van der Waals surface area contributed by atoms with Gasteiger partial charge in [-0.05, 0) is 60.5 Å². The largest absolute Gasteiger partial charge is 0.383 e. The number of benzene rings is 2. The summed E-state index contributed by atoms with van der Waals surface area (Å²) >= 11 is 1.52. The van der Waals surface area contributed by atoms with E-state index >= 15 is 0 Å². The summed E-state index contributed by atoms with van der Waals surface area (Å²) in [5.41, 5.74) is 10.6. The Morgan fingerprint density at radius 1 is 0.857 bits per heavy atom. The molecule has 0 fully saturated rings. The maximum Gasteiger partial charge on any atom is 0.133 e. The molecule has 1 aromatic heterocycles. The molecule has 0 saturated carbocycles. The van der Waals surface area contributed by atoms with Crippen LogP contribution >= 0.6 is 45.3 Å². The molecule has 150 valence electrons. The monoisotopic (exact) mass is 523 g/mol. The third-order valence-electron chi connectivity index (χ3n) is 4.43. The lowest BCUT2D eigenvalue weighted by atomic mass is 10.0. The molecule has 0 radical (unpaired) electrons.